The molecule has 136 valence electrons. The van der Waals surface area contributed by atoms with Crippen LogP contribution in [0.15, 0.2) is 43.7 Å². The van der Waals surface area contributed by atoms with Gasteiger partial charge in [-0.05, 0) is 40.2 Å². The molecule has 1 saturated heterocycles. The quantitative estimate of drug-likeness (QED) is 0.370. The summed E-state index contributed by atoms with van der Waals surface area (Å²) in [6, 6.07) is 7.57. The SMILES string of the molecule is CN=C(NCc1ccc(Br)s1)N1CCN(C(=O)c2ccco2)CC1.I. The topological polar surface area (TPSA) is 61.1 Å². The summed E-state index contributed by atoms with van der Waals surface area (Å²) in [6.45, 7) is 3.56. The number of hydrogen-bond acceptors (Lipinski definition) is 4. The molecule has 0 bridgehead atoms. The van der Waals surface area contributed by atoms with Gasteiger partial charge in [-0.3, -0.25) is 9.79 Å². The second kappa shape index (κ2) is 9.58. The lowest BCUT2D eigenvalue weighted by molar-refractivity contribution is 0.0657. The molecule has 0 spiro atoms. The third-order valence-corrected chi connectivity index (χ3v) is 5.48. The summed E-state index contributed by atoms with van der Waals surface area (Å²) in [7, 11) is 1.78. The average molecular weight is 539 g/mol. The highest BCUT2D eigenvalue weighted by Gasteiger charge is 2.25. The van der Waals surface area contributed by atoms with Crippen LogP contribution in [-0.2, 0) is 6.54 Å². The fourth-order valence-electron chi connectivity index (χ4n) is 2.62. The van der Waals surface area contributed by atoms with E-state index in [-0.39, 0.29) is 29.9 Å². The van der Waals surface area contributed by atoms with Gasteiger partial charge in [0, 0.05) is 38.1 Å². The van der Waals surface area contributed by atoms with Crippen LogP contribution in [-0.4, -0.2) is 54.9 Å². The maximum Gasteiger partial charge on any atom is 0.289 e. The highest BCUT2D eigenvalue weighted by atomic mass is 127. The third-order valence-electron chi connectivity index (χ3n) is 3.86. The van der Waals surface area contributed by atoms with E-state index < -0.39 is 0 Å². The van der Waals surface area contributed by atoms with Crippen LogP contribution in [0.1, 0.15) is 15.4 Å². The second-order valence-electron chi connectivity index (χ2n) is 5.36. The van der Waals surface area contributed by atoms with Crippen LogP contribution in [0.4, 0.5) is 0 Å². The minimum absolute atomic E-state index is 0. The second-order valence-corrected chi connectivity index (χ2v) is 7.91. The van der Waals surface area contributed by atoms with Crippen molar-refractivity contribution < 1.29 is 9.21 Å². The van der Waals surface area contributed by atoms with Crippen molar-refractivity contribution in [1.29, 1.82) is 0 Å². The van der Waals surface area contributed by atoms with Crippen LogP contribution in [0.25, 0.3) is 0 Å². The number of nitrogens with zero attached hydrogens (tertiary/aromatic N) is 3. The number of nitrogens with one attached hydrogen (secondary N) is 1. The van der Waals surface area contributed by atoms with E-state index in [1.54, 1.807) is 30.5 Å². The lowest BCUT2D eigenvalue weighted by Crippen LogP contribution is -2.53. The normalized spacial score (nSPS) is 15.0. The van der Waals surface area contributed by atoms with Crippen LogP contribution >= 0.6 is 51.2 Å². The van der Waals surface area contributed by atoms with Crippen molar-refractivity contribution in [2.75, 3.05) is 33.2 Å². The number of amides is 1. The molecule has 3 rings (SSSR count). The van der Waals surface area contributed by atoms with E-state index in [0.29, 0.717) is 18.8 Å². The lowest BCUT2D eigenvalue weighted by Gasteiger charge is -2.36. The average Bonchev–Trinajstić information content (AvgIpc) is 3.27. The Bertz CT molecular complexity index is 712. The Morgan fingerprint density at radius 3 is 2.56 bits per heavy atom. The third kappa shape index (κ3) is 5.20. The smallest absolute Gasteiger partial charge is 0.289 e. The molecule has 0 radical (unpaired) electrons. The van der Waals surface area contributed by atoms with E-state index in [1.165, 1.54) is 11.1 Å². The molecule has 25 heavy (non-hydrogen) atoms. The van der Waals surface area contributed by atoms with Crippen LogP contribution in [0.5, 0.6) is 0 Å². The first kappa shape index (κ1) is 20.2. The first-order chi connectivity index (χ1) is 11.7. The van der Waals surface area contributed by atoms with Crippen molar-refractivity contribution in [3.63, 3.8) is 0 Å². The monoisotopic (exact) mass is 538 g/mol. The molecular formula is C16H20BrIN4O2S. The van der Waals surface area contributed by atoms with E-state index in [1.807, 2.05) is 11.0 Å². The predicted octanol–water partition coefficient (Wildman–Crippen LogP) is 3.26. The van der Waals surface area contributed by atoms with E-state index >= 15 is 0 Å². The molecule has 9 heteroatoms. The Morgan fingerprint density at radius 2 is 2.00 bits per heavy atom. The number of hydrogen-bond donors (Lipinski definition) is 1. The minimum atomic E-state index is -0.0500. The molecular weight excluding hydrogens is 519 g/mol. The first-order valence-electron chi connectivity index (χ1n) is 7.70. The fraction of sp³-hybridized carbons (Fsp3) is 0.375. The van der Waals surface area contributed by atoms with Gasteiger partial charge in [0.1, 0.15) is 0 Å². The van der Waals surface area contributed by atoms with Crippen LogP contribution in [0.2, 0.25) is 0 Å². The predicted molar refractivity (Wildman–Crippen MR) is 114 cm³/mol. The summed E-state index contributed by atoms with van der Waals surface area (Å²) in [4.78, 5) is 21.9. The van der Waals surface area contributed by atoms with Crippen LogP contribution < -0.4 is 5.32 Å². The molecule has 0 atom stereocenters. The Balaban J connectivity index is 0.00000225. The zero-order valence-corrected chi connectivity index (χ0v) is 18.5. The van der Waals surface area contributed by atoms with Gasteiger partial charge in [0.15, 0.2) is 11.7 Å². The maximum atomic E-state index is 12.3. The summed E-state index contributed by atoms with van der Waals surface area (Å²) in [6.07, 6.45) is 1.53. The first-order valence-corrected chi connectivity index (χ1v) is 9.31. The Labute approximate surface area is 176 Å². The lowest BCUT2D eigenvalue weighted by atomic mass is 10.3. The molecule has 0 saturated carbocycles. The van der Waals surface area contributed by atoms with E-state index in [9.17, 15) is 4.79 Å². The van der Waals surface area contributed by atoms with Gasteiger partial charge in [0.25, 0.3) is 5.91 Å². The van der Waals surface area contributed by atoms with Gasteiger partial charge >= 0.3 is 0 Å². The number of furan rings is 1. The molecule has 2 aromatic rings. The van der Waals surface area contributed by atoms with Gasteiger partial charge in [-0.2, -0.15) is 0 Å². The van der Waals surface area contributed by atoms with E-state index in [0.717, 1.165) is 29.4 Å². The number of aliphatic imine (C=N–C) groups is 1. The fourth-order valence-corrected chi connectivity index (χ4v) is 4.05. The number of guanidine groups is 1. The van der Waals surface area contributed by atoms with Gasteiger partial charge in [0.05, 0.1) is 16.6 Å². The summed E-state index contributed by atoms with van der Waals surface area (Å²) >= 11 is 5.18. The number of thiophene rings is 1. The number of carbonyl (C=O) groups excluding carboxylic acids is 1. The van der Waals surface area contributed by atoms with Gasteiger partial charge in [-0.25, -0.2) is 0 Å². The molecule has 1 amide bonds. The Kier molecular flexibility index (Phi) is 7.76. The van der Waals surface area contributed by atoms with Gasteiger partial charge in [-0.15, -0.1) is 35.3 Å². The van der Waals surface area contributed by atoms with Crippen LogP contribution in [0, 0.1) is 0 Å². The van der Waals surface area contributed by atoms with Crippen molar-refractivity contribution in [3.05, 3.63) is 45.0 Å². The Hall–Kier alpha value is -1.07. The molecule has 0 aliphatic carbocycles. The highest BCUT2D eigenvalue weighted by molar-refractivity contribution is 14.0. The molecule has 0 unspecified atom stereocenters. The van der Waals surface area contributed by atoms with Crippen molar-refractivity contribution in [2.45, 2.75) is 6.54 Å². The summed E-state index contributed by atoms with van der Waals surface area (Å²) in [5.41, 5.74) is 0. The zero-order valence-electron chi connectivity index (χ0n) is 13.8. The minimum Gasteiger partial charge on any atom is -0.459 e. The summed E-state index contributed by atoms with van der Waals surface area (Å²) in [5.74, 6) is 1.21. The molecule has 1 N–H and O–H groups in total. The number of halogens is 2. The van der Waals surface area contributed by atoms with Crippen molar-refractivity contribution in [3.8, 4) is 0 Å². The molecule has 1 aliphatic heterocycles. The van der Waals surface area contributed by atoms with Crippen molar-refractivity contribution in [1.82, 2.24) is 15.1 Å². The van der Waals surface area contributed by atoms with Gasteiger partial charge in [-0.1, -0.05) is 0 Å². The molecule has 1 fully saturated rings. The molecule has 3 heterocycles. The molecule has 6 nitrogen and oxygen atoms in total. The number of piperazine rings is 1. The summed E-state index contributed by atoms with van der Waals surface area (Å²) < 4.78 is 6.31. The molecule has 2 aromatic heterocycles. The van der Waals surface area contributed by atoms with Crippen LogP contribution in [0.3, 0.4) is 0 Å². The van der Waals surface area contributed by atoms with Crippen molar-refractivity contribution >= 4 is 63.1 Å². The Morgan fingerprint density at radius 1 is 1.28 bits per heavy atom. The largest absolute Gasteiger partial charge is 0.459 e. The summed E-state index contributed by atoms with van der Waals surface area (Å²) in [5, 5.41) is 3.38. The maximum absolute atomic E-state index is 12.3. The van der Waals surface area contributed by atoms with Gasteiger partial charge < -0.3 is 19.5 Å². The standard InChI is InChI=1S/C16H19BrN4O2S.HI/c1-18-16(19-11-12-4-5-14(17)24-12)21-8-6-20(7-9-21)15(22)13-3-2-10-23-13;/h2-5,10H,6-9,11H2,1H3,(H,18,19);1H. The number of rotatable bonds is 3. The zero-order chi connectivity index (χ0) is 16.9. The number of carbonyl (C=O) groups is 1. The highest BCUT2D eigenvalue weighted by Crippen LogP contribution is 2.21. The van der Waals surface area contributed by atoms with E-state index in [4.69, 9.17) is 4.42 Å². The van der Waals surface area contributed by atoms with E-state index in [2.05, 4.69) is 37.2 Å². The van der Waals surface area contributed by atoms with Gasteiger partial charge in [0.2, 0.25) is 0 Å². The molecule has 1 aliphatic rings. The van der Waals surface area contributed by atoms with Crippen molar-refractivity contribution in [2.24, 2.45) is 4.99 Å². The molecule has 0 aromatic carbocycles.